The molecule has 0 aliphatic carbocycles. The molecule has 1 aromatic heterocycles. The van der Waals surface area contributed by atoms with Gasteiger partial charge in [0.2, 0.25) is 0 Å². The maximum Gasteiger partial charge on any atom is 0.257 e. The van der Waals surface area contributed by atoms with Gasteiger partial charge in [0.15, 0.2) is 0 Å². The van der Waals surface area contributed by atoms with Crippen molar-refractivity contribution in [3.05, 3.63) is 114 Å². The number of nitrogens with zero attached hydrogens (tertiary/aromatic N) is 1. The standard InChI is InChI=1S/C26H20N2O/c29-26(27-24-15-8-12-20-11-4-5-13-21(20)24)23-18-28(17-19-9-2-1-3-10-19)25-16-7-6-14-22(23)25/h1-16,18H,17H2,(H,27,29). The van der Waals surface area contributed by atoms with Crippen molar-refractivity contribution in [3.63, 3.8) is 0 Å². The second-order valence-corrected chi connectivity index (χ2v) is 7.15. The molecule has 3 nitrogen and oxygen atoms in total. The van der Waals surface area contributed by atoms with Crippen LogP contribution < -0.4 is 5.32 Å². The van der Waals surface area contributed by atoms with Gasteiger partial charge >= 0.3 is 0 Å². The minimum Gasteiger partial charge on any atom is -0.342 e. The van der Waals surface area contributed by atoms with E-state index in [2.05, 4.69) is 40.2 Å². The van der Waals surface area contributed by atoms with Crippen molar-refractivity contribution in [2.75, 3.05) is 5.32 Å². The molecule has 5 aromatic rings. The summed E-state index contributed by atoms with van der Waals surface area (Å²) >= 11 is 0. The number of hydrogen-bond acceptors (Lipinski definition) is 1. The summed E-state index contributed by atoms with van der Waals surface area (Å²) < 4.78 is 2.14. The van der Waals surface area contributed by atoms with Crippen LogP contribution in [0.25, 0.3) is 21.7 Å². The van der Waals surface area contributed by atoms with Crippen molar-refractivity contribution >= 4 is 33.3 Å². The van der Waals surface area contributed by atoms with Gasteiger partial charge in [-0.15, -0.1) is 0 Å². The third-order valence-electron chi connectivity index (χ3n) is 5.27. The van der Waals surface area contributed by atoms with Crippen LogP contribution in [0.3, 0.4) is 0 Å². The van der Waals surface area contributed by atoms with Gasteiger partial charge in [0.1, 0.15) is 0 Å². The Morgan fingerprint density at radius 1 is 0.724 bits per heavy atom. The van der Waals surface area contributed by atoms with Crippen molar-refractivity contribution in [1.82, 2.24) is 4.57 Å². The number of para-hydroxylation sites is 1. The molecule has 0 fully saturated rings. The molecular weight excluding hydrogens is 356 g/mol. The molecule has 1 N–H and O–H groups in total. The van der Waals surface area contributed by atoms with E-state index in [-0.39, 0.29) is 5.91 Å². The normalized spacial score (nSPS) is 11.0. The van der Waals surface area contributed by atoms with E-state index in [4.69, 9.17) is 0 Å². The fourth-order valence-electron chi connectivity index (χ4n) is 3.86. The molecule has 0 aliphatic rings. The predicted molar refractivity (Wildman–Crippen MR) is 119 cm³/mol. The third-order valence-corrected chi connectivity index (χ3v) is 5.27. The fraction of sp³-hybridized carbons (Fsp3) is 0.0385. The van der Waals surface area contributed by atoms with E-state index < -0.39 is 0 Å². The molecule has 140 valence electrons. The Morgan fingerprint density at radius 2 is 1.41 bits per heavy atom. The van der Waals surface area contributed by atoms with Gasteiger partial charge in [-0.05, 0) is 23.1 Å². The zero-order valence-corrected chi connectivity index (χ0v) is 15.9. The molecule has 0 aliphatic heterocycles. The lowest BCUT2D eigenvalue weighted by Crippen LogP contribution is -2.11. The van der Waals surface area contributed by atoms with Gasteiger partial charge in [-0.2, -0.15) is 0 Å². The van der Waals surface area contributed by atoms with Crippen LogP contribution in [-0.4, -0.2) is 10.5 Å². The molecule has 5 rings (SSSR count). The van der Waals surface area contributed by atoms with Crippen LogP contribution in [0.1, 0.15) is 15.9 Å². The Labute approximate surface area is 169 Å². The number of anilines is 1. The summed E-state index contributed by atoms with van der Waals surface area (Å²) in [5.74, 6) is -0.0932. The summed E-state index contributed by atoms with van der Waals surface area (Å²) in [7, 11) is 0. The lowest BCUT2D eigenvalue weighted by molar-refractivity contribution is 0.102. The molecule has 0 spiro atoms. The molecule has 0 bridgehead atoms. The summed E-state index contributed by atoms with van der Waals surface area (Å²) in [4.78, 5) is 13.2. The van der Waals surface area contributed by atoms with Crippen LogP contribution >= 0.6 is 0 Å². The van der Waals surface area contributed by atoms with Crippen molar-refractivity contribution < 1.29 is 4.79 Å². The Balaban J connectivity index is 1.53. The van der Waals surface area contributed by atoms with E-state index in [1.807, 2.05) is 72.9 Å². The summed E-state index contributed by atoms with van der Waals surface area (Å²) in [6, 6.07) is 32.4. The van der Waals surface area contributed by atoms with Crippen LogP contribution in [0.4, 0.5) is 5.69 Å². The topological polar surface area (TPSA) is 34.0 Å². The van der Waals surface area contributed by atoms with Crippen molar-refractivity contribution in [1.29, 1.82) is 0 Å². The van der Waals surface area contributed by atoms with Crippen LogP contribution in [0, 0.1) is 0 Å². The second-order valence-electron chi connectivity index (χ2n) is 7.15. The van der Waals surface area contributed by atoms with Crippen LogP contribution in [-0.2, 0) is 6.54 Å². The number of fused-ring (bicyclic) bond motifs is 2. The lowest BCUT2D eigenvalue weighted by atomic mass is 10.1. The summed E-state index contributed by atoms with van der Waals surface area (Å²) in [5, 5.41) is 6.22. The molecular formula is C26H20N2O. The molecule has 1 heterocycles. The zero-order chi connectivity index (χ0) is 19.6. The van der Waals surface area contributed by atoms with Gasteiger partial charge in [-0.3, -0.25) is 4.79 Å². The maximum atomic E-state index is 13.2. The van der Waals surface area contributed by atoms with Gasteiger partial charge in [0.05, 0.1) is 5.56 Å². The van der Waals surface area contributed by atoms with Crippen LogP contribution in [0.5, 0.6) is 0 Å². The molecule has 0 atom stereocenters. The summed E-state index contributed by atoms with van der Waals surface area (Å²) in [6.07, 6.45) is 1.96. The van der Waals surface area contributed by atoms with E-state index in [1.165, 1.54) is 5.56 Å². The molecule has 0 saturated heterocycles. The number of benzene rings is 4. The Morgan fingerprint density at radius 3 is 2.28 bits per heavy atom. The van der Waals surface area contributed by atoms with Gasteiger partial charge in [0, 0.05) is 34.7 Å². The van der Waals surface area contributed by atoms with Gasteiger partial charge < -0.3 is 9.88 Å². The molecule has 4 aromatic carbocycles. The zero-order valence-electron chi connectivity index (χ0n) is 15.9. The Bertz CT molecular complexity index is 1310. The van der Waals surface area contributed by atoms with Crippen LogP contribution in [0.15, 0.2) is 103 Å². The second kappa shape index (κ2) is 7.28. The first-order valence-corrected chi connectivity index (χ1v) is 9.70. The van der Waals surface area contributed by atoms with E-state index in [0.29, 0.717) is 5.56 Å². The first kappa shape index (κ1) is 17.3. The summed E-state index contributed by atoms with van der Waals surface area (Å²) in [6.45, 7) is 0.725. The average molecular weight is 376 g/mol. The quantitative estimate of drug-likeness (QED) is 0.404. The SMILES string of the molecule is O=C(Nc1cccc2ccccc12)c1cn(Cc2ccccc2)c2ccccc12. The highest BCUT2D eigenvalue weighted by molar-refractivity contribution is 6.15. The van der Waals surface area contributed by atoms with E-state index in [9.17, 15) is 4.79 Å². The Kier molecular flexibility index (Phi) is 4.34. The van der Waals surface area contributed by atoms with E-state index in [1.54, 1.807) is 0 Å². The molecule has 29 heavy (non-hydrogen) atoms. The van der Waals surface area contributed by atoms with Crippen molar-refractivity contribution in [2.45, 2.75) is 6.54 Å². The number of rotatable bonds is 4. The molecule has 3 heteroatoms. The molecule has 0 saturated carbocycles. The number of aromatic nitrogens is 1. The largest absolute Gasteiger partial charge is 0.342 e. The highest BCUT2D eigenvalue weighted by atomic mass is 16.1. The number of carbonyl (C=O) groups excluding carboxylic acids is 1. The monoisotopic (exact) mass is 376 g/mol. The van der Waals surface area contributed by atoms with Crippen LogP contribution in [0.2, 0.25) is 0 Å². The van der Waals surface area contributed by atoms with E-state index >= 15 is 0 Å². The van der Waals surface area contributed by atoms with E-state index in [0.717, 1.165) is 33.9 Å². The molecule has 0 radical (unpaired) electrons. The van der Waals surface area contributed by atoms with Gasteiger partial charge in [-0.1, -0.05) is 84.9 Å². The van der Waals surface area contributed by atoms with Gasteiger partial charge in [-0.25, -0.2) is 0 Å². The number of amides is 1. The highest BCUT2D eigenvalue weighted by Gasteiger charge is 2.16. The number of nitrogens with one attached hydrogen (secondary N) is 1. The molecule has 0 unspecified atom stereocenters. The fourth-order valence-corrected chi connectivity index (χ4v) is 3.86. The predicted octanol–water partition coefficient (Wildman–Crippen LogP) is 6.10. The smallest absolute Gasteiger partial charge is 0.257 e. The lowest BCUT2D eigenvalue weighted by Gasteiger charge is -2.08. The number of hydrogen-bond donors (Lipinski definition) is 1. The minimum absolute atomic E-state index is 0.0932. The van der Waals surface area contributed by atoms with Crippen molar-refractivity contribution in [3.8, 4) is 0 Å². The first-order chi connectivity index (χ1) is 14.3. The van der Waals surface area contributed by atoms with Gasteiger partial charge in [0.25, 0.3) is 5.91 Å². The number of carbonyl (C=O) groups is 1. The minimum atomic E-state index is -0.0932. The average Bonchev–Trinajstić information content (AvgIpc) is 3.13. The Hall–Kier alpha value is -3.85. The molecule has 1 amide bonds. The maximum absolute atomic E-state index is 13.2. The summed E-state index contributed by atoms with van der Waals surface area (Å²) in [5.41, 5.74) is 3.77. The van der Waals surface area contributed by atoms with Crippen molar-refractivity contribution in [2.24, 2.45) is 0 Å². The third kappa shape index (κ3) is 3.27. The highest BCUT2D eigenvalue weighted by Crippen LogP contribution is 2.26. The first-order valence-electron chi connectivity index (χ1n) is 9.70.